The fraction of sp³-hybridized carbons (Fsp3) is 0.500. The molecule has 0 bridgehead atoms. The minimum Gasteiger partial charge on any atom is -0.384 e. The van der Waals surface area contributed by atoms with Gasteiger partial charge in [-0.05, 0) is 43.5 Å². The molecule has 0 amide bonds. The molecule has 1 aliphatic heterocycles. The summed E-state index contributed by atoms with van der Waals surface area (Å²) in [5.41, 5.74) is 2.33. The topological polar surface area (TPSA) is 23.5 Å². The Kier molecular flexibility index (Phi) is 4.81. The van der Waals surface area contributed by atoms with E-state index < -0.39 is 0 Å². The molecule has 1 aromatic rings. The molecule has 1 fully saturated rings. The van der Waals surface area contributed by atoms with Crippen LogP contribution in [0.25, 0.3) is 0 Å². The van der Waals surface area contributed by atoms with Crippen molar-refractivity contribution in [2.75, 3.05) is 13.2 Å². The van der Waals surface area contributed by atoms with Crippen LogP contribution >= 0.6 is 0 Å². The predicted octanol–water partition coefficient (Wildman–Crippen LogP) is 2.40. The number of benzene rings is 1. The Hall–Kier alpha value is -1.30. The summed E-state index contributed by atoms with van der Waals surface area (Å²) in [6.45, 7) is 4.47. The van der Waals surface area contributed by atoms with Crippen LogP contribution in [0.3, 0.4) is 0 Å². The second-order valence-electron chi connectivity index (χ2n) is 4.83. The van der Waals surface area contributed by atoms with Gasteiger partial charge in [-0.25, -0.2) is 0 Å². The van der Waals surface area contributed by atoms with E-state index in [1.54, 1.807) is 0 Å². The lowest BCUT2D eigenvalue weighted by Gasteiger charge is -2.23. The lowest BCUT2D eigenvalue weighted by Crippen LogP contribution is -2.28. The summed E-state index contributed by atoms with van der Waals surface area (Å²) in [6, 6.07) is 9.13. The van der Waals surface area contributed by atoms with Gasteiger partial charge in [0.25, 0.3) is 0 Å². The number of rotatable bonds is 3. The molecule has 2 rings (SSSR count). The van der Waals surface area contributed by atoms with Crippen molar-refractivity contribution in [3.8, 4) is 11.8 Å². The standard InChI is InChI=1S/C16H21NO/c1-2-16-6-3-11-17(16)13-15-9-7-14(8-10-15)5-4-12-18/h7-10,16,18H,2-3,6,11-13H2,1H3. The zero-order valence-corrected chi connectivity index (χ0v) is 11.0. The zero-order chi connectivity index (χ0) is 12.8. The van der Waals surface area contributed by atoms with Gasteiger partial charge in [0, 0.05) is 18.2 Å². The van der Waals surface area contributed by atoms with Crippen molar-refractivity contribution >= 4 is 0 Å². The molecule has 2 heteroatoms. The van der Waals surface area contributed by atoms with Gasteiger partial charge in [0.15, 0.2) is 0 Å². The van der Waals surface area contributed by atoms with Crippen molar-refractivity contribution in [3.05, 3.63) is 35.4 Å². The summed E-state index contributed by atoms with van der Waals surface area (Å²) in [7, 11) is 0. The normalized spacial score (nSPS) is 19.6. The van der Waals surface area contributed by atoms with Gasteiger partial charge in [-0.15, -0.1) is 0 Å². The predicted molar refractivity (Wildman–Crippen MR) is 74.1 cm³/mol. The number of aliphatic hydroxyl groups is 1. The Morgan fingerprint density at radius 2 is 2.11 bits per heavy atom. The molecule has 0 radical (unpaired) electrons. The van der Waals surface area contributed by atoms with E-state index in [4.69, 9.17) is 5.11 Å². The van der Waals surface area contributed by atoms with Crippen LogP contribution in [0.1, 0.15) is 37.3 Å². The van der Waals surface area contributed by atoms with Gasteiger partial charge in [-0.2, -0.15) is 0 Å². The Balaban J connectivity index is 1.97. The van der Waals surface area contributed by atoms with Gasteiger partial charge >= 0.3 is 0 Å². The molecule has 1 heterocycles. The van der Waals surface area contributed by atoms with Crippen molar-refractivity contribution in [2.45, 2.75) is 38.8 Å². The fourth-order valence-electron chi connectivity index (χ4n) is 2.64. The van der Waals surface area contributed by atoms with Crippen LogP contribution < -0.4 is 0 Å². The average molecular weight is 243 g/mol. The SMILES string of the molecule is CCC1CCCN1Cc1ccc(C#CCO)cc1. The first-order valence-electron chi connectivity index (χ1n) is 6.76. The van der Waals surface area contributed by atoms with E-state index in [0.717, 1.165) is 18.2 Å². The third-order valence-electron chi connectivity index (χ3n) is 3.62. The summed E-state index contributed by atoms with van der Waals surface area (Å²) >= 11 is 0. The molecule has 0 spiro atoms. The molecule has 0 saturated carbocycles. The average Bonchev–Trinajstić information content (AvgIpc) is 2.85. The molecule has 1 atom stereocenters. The highest BCUT2D eigenvalue weighted by molar-refractivity contribution is 5.36. The second-order valence-corrected chi connectivity index (χ2v) is 4.83. The van der Waals surface area contributed by atoms with E-state index in [1.807, 2.05) is 12.1 Å². The lowest BCUT2D eigenvalue weighted by molar-refractivity contribution is 0.240. The highest BCUT2D eigenvalue weighted by Gasteiger charge is 2.22. The van der Waals surface area contributed by atoms with Gasteiger partial charge in [0.1, 0.15) is 6.61 Å². The molecule has 1 N–H and O–H groups in total. The summed E-state index contributed by atoms with van der Waals surface area (Å²) in [6.07, 6.45) is 3.93. The Bertz CT molecular complexity index is 427. The van der Waals surface area contributed by atoms with Gasteiger partial charge in [-0.1, -0.05) is 30.9 Å². The Morgan fingerprint density at radius 1 is 1.33 bits per heavy atom. The molecular formula is C16H21NO. The summed E-state index contributed by atoms with van der Waals surface area (Å²) in [5, 5.41) is 8.65. The Labute approximate surface area is 110 Å². The number of hydrogen-bond acceptors (Lipinski definition) is 2. The molecule has 96 valence electrons. The van der Waals surface area contributed by atoms with E-state index in [0.29, 0.717) is 0 Å². The lowest BCUT2D eigenvalue weighted by atomic mass is 10.1. The van der Waals surface area contributed by atoms with E-state index in [1.165, 1.54) is 31.4 Å². The maximum atomic E-state index is 8.65. The van der Waals surface area contributed by atoms with Crippen LogP contribution in [0.2, 0.25) is 0 Å². The molecule has 0 aliphatic carbocycles. The largest absolute Gasteiger partial charge is 0.384 e. The second kappa shape index (κ2) is 6.58. The van der Waals surface area contributed by atoms with Crippen molar-refractivity contribution in [2.24, 2.45) is 0 Å². The maximum absolute atomic E-state index is 8.65. The number of aliphatic hydroxyl groups excluding tert-OH is 1. The Morgan fingerprint density at radius 3 is 2.78 bits per heavy atom. The first-order valence-corrected chi connectivity index (χ1v) is 6.76. The first kappa shape index (κ1) is 13.1. The minimum atomic E-state index is -0.0757. The molecule has 1 saturated heterocycles. The van der Waals surface area contributed by atoms with E-state index >= 15 is 0 Å². The number of nitrogens with zero attached hydrogens (tertiary/aromatic N) is 1. The molecule has 2 nitrogen and oxygen atoms in total. The van der Waals surface area contributed by atoms with Gasteiger partial charge in [-0.3, -0.25) is 4.90 Å². The van der Waals surface area contributed by atoms with Crippen LogP contribution in [0.4, 0.5) is 0 Å². The molecule has 1 aliphatic rings. The van der Waals surface area contributed by atoms with Crippen molar-refractivity contribution in [3.63, 3.8) is 0 Å². The van der Waals surface area contributed by atoms with Crippen molar-refractivity contribution in [1.82, 2.24) is 4.90 Å². The van der Waals surface area contributed by atoms with Crippen LogP contribution in [-0.2, 0) is 6.54 Å². The van der Waals surface area contributed by atoms with E-state index in [-0.39, 0.29) is 6.61 Å². The van der Waals surface area contributed by atoms with E-state index in [9.17, 15) is 0 Å². The van der Waals surface area contributed by atoms with Crippen LogP contribution in [0.5, 0.6) is 0 Å². The minimum absolute atomic E-state index is 0.0757. The monoisotopic (exact) mass is 243 g/mol. The molecule has 18 heavy (non-hydrogen) atoms. The summed E-state index contributed by atoms with van der Waals surface area (Å²) < 4.78 is 0. The van der Waals surface area contributed by atoms with Crippen LogP contribution in [0.15, 0.2) is 24.3 Å². The smallest absolute Gasteiger partial charge is 0.104 e. The van der Waals surface area contributed by atoms with Gasteiger partial charge in [0.2, 0.25) is 0 Å². The molecule has 0 aromatic heterocycles. The number of hydrogen-bond donors (Lipinski definition) is 1. The third-order valence-corrected chi connectivity index (χ3v) is 3.62. The molecule has 1 unspecified atom stereocenters. The fourth-order valence-corrected chi connectivity index (χ4v) is 2.64. The summed E-state index contributed by atoms with van der Waals surface area (Å²) in [4.78, 5) is 2.58. The van der Waals surface area contributed by atoms with Crippen LogP contribution in [-0.4, -0.2) is 29.2 Å². The quantitative estimate of drug-likeness (QED) is 0.824. The maximum Gasteiger partial charge on any atom is 0.104 e. The van der Waals surface area contributed by atoms with Crippen molar-refractivity contribution in [1.29, 1.82) is 0 Å². The van der Waals surface area contributed by atoms with E-state index in [2.05, 4.69) is 35.8 Å². The first-order chi connectivity index (χ1) is 8.83. The third kappa shape index (κ3) is 3.35. The molecule has 1 aromatic carbocycles. The van der Waals surface area contributed by atoms with Crippen molar-refractivity contribution < 1.29 is 5.11 Å². The highest BCUT2D eigenvalue weighted by atomic mass is 16.2. The van der Waals surface area contributed by atoms with Crippen LogP contribution in [0, 0.1) is 11.8 Å². The highest BCUT2D eigenvalue weighted by Crippen LogP contribution is 2.22. The molecular weight excluding hydrogens is 222 g/mol. The summed E-state index contributed by atoms with van der Waals surface area (Å²) in [5.74, 6) is 5.59. The zero-order valence-electron chi connectivity index (χ0n) is 11.0. The van der Waals surface area contributed by atoms with Gasteiger partial charge in [0.05, 0.1) is 0 Å². The number of likely N-dealkylation sites (tertiary alicyclic amines) is 1. The van der Waals surface area contributed by atoms with Gasteiger partial charge < -0.3 is 5.11 Å².